The van der Waals surface area contributed by atoms with Gasteiger partial charge in [-0.2, -0.15) is 0 Å². The average molecular weight is 492 g/mol. The molecule has 0 aromatic heterocycles. The lowest BCUT2D eigenvalue weighted by atomic mass is 9.87. The van der Waals surface area contributed by atoms with Gasteiger partial charge in [0, 0.05) is 55.2 Å². The van der Waals surface area contributed by atoms with Gasteiger partial charge >= 0.3 is 5.97 Å². The first-order chi connectivity index (χ1) is 15.7. The van der Waals surface area contributed by atoms with Gasteiger partial charge in [-0.25, -0.2) is 0 Å². The van der Waals surface area contributed by atoms with Gasteiger partial charge in [-0.05, 0) is 73.1 Å². The molecule has 0 N–H and O–H groups in total. The Morgan fingerprint density at radius 1 is 1.00 bits per heavy atom. The fourth-order valence-corrected chi connectivity index (χ4v) is 5.19. The van der Waals surface area contributed by atoms with Crippen LogP contribution < -0.4 is 0 Å². The number of likely N-dealkylation sites (tertiary alicyclic amines) is 1. The summed E-state index contributed by atoms with van der Waals surface area (Å²) in [5.74, 6) is 0.0373. The minimum atomic E-state index is -0.507. The topological polar surface area (TPSA) is 53.1 Å². The molecule has 0 aliphatic carbocycles. The summed E-state index contributed by atoms with van der Waals surface area (Å²) < 4.78 is 5.58. The molecule has 6 nitrogen and oxygen atoms in total. The van der Waals surface area contributed by atoms with Crippen molar-refractivity contribution in [2.45, 2.75) is 84.5 Å². The lowest BCUT2D eigenvalue weighted by Crippen LogP contribution is -2.59. The highest BCUT2D eigenvalue weighted by Gasteiger charge is 2.45. The normalized spacial score (nSPS) is 25.9. The lowest BCUT2D eigenvalue weighted by Gasteiger charge is -2.43. The van der Waals surface area contributed by atoms with Crippen molar-refractivity contribution >= 4 is 23.5 Å². The SMILES string of the molecule is C[C@@H](C(=O)OC(C)(C)C)N1CCN(C(=O)C2CN(C(C)(C)C)CC2c2ccc(Cl)cc2)[C@@H](C)C1. The minimum absolute atomic E-state index is 0.00708. The molecule has 1 amide bonds. The van der Waals surface area contributed by atoms with Crippen LogP contribution in [0.25, 0.3) is 0 Å². The molecule has 7 heteroatoms. The van der Waals surface area contributed by atoms with Crippen molar-refractivity contribution in [1.82, 2.24) is 14.7 Å². The van der Waals surface area contributed by atoms with Crippen molar-refractivity contribution in [3.63, 3.8) is 0 Å². The predicted octanol–water partition coefficient (Wildman–Crippen LogP) is 4.42. The highest BCUT2D eigenvalue weighted by atomic mass is 35.5. The molecule has 0 spiro atoms. The van der Waals surface area contributed by atoms with E-state index < -0.39 is 5.60 Å². The van der Waals surface area contributed by atoms with Gasteiger partial charge in [-0.15, -0.1) is 0 Å². The maximum Gasteiger partial charge on any atom is 0.323 e. The Kier molecular flexibility index (Phi) is 8.06. The van der Waals surface area contributed by atoms with Gasteiger partial charge in [0.1, 0.15) is 11.6 Å². The summed E-state index contributed by atoms with van der Waals surface area (Å²) in [5.41, 5.74) is 0.652. The van der Waals surface area contributed by atoms with Crippen LogP contribution in [0.1, 0.15) is 66.9 Å². The summed E-state index contributed by atoms with van der Waals surface area (Å²) in [7, 11) is 0. The van der Waals surface area contributed by atoms with E-state index in [9.17, 15) is 9.59 Å². The van der Waals surface area contributed by atoms with Crippen LogP contribution in [-0.4, -0.2) is 82.5 Å². The second kappa shape index (κ2) is 10.2. The molecule has 1 aromatic rings. The van der Waals surface area contributed by atoms with Crippen molar-refractivity contribution in [3.05, 3.63) is 34.9 Å². The van der Waals surface area contributed by atoms with E-state index in [-0.39, 0.29) is 41.3 Å². The Morgan fingerprint density at radius 2 is 1.62 bits per heavy atom. The number of halogens is 1. The van der Waals surface area contributed by atoms with E-state index in [2.05, 4.69) is 49.6 Å². The molecule has 2 unspecified atom stereocenters. The monoisotopic (exact) mass is 491 g/mol. The number of carbonyl (C=O) groups excluding carboxylic acids is 2. The van der Waals surface area contributed by atoms with Gasteiger partial charge in [0.15, 0.2) is 0 Å². The van der Waals surface area contributed by atoms with E-state index in [0.717, 1.165) is 13.1 Å². The fourth-order valence-electron chi connectivity index (χ4n) is 5.06. The highest BCUT2D eigenvalue weighted by molar-refractivity contribution is 6.30. The molecule has 0 bridgehead atoms. The first-order valence-corrected chi connectivity index (χ1v) is 12.8. The summed E-state index contributed by atoms with van der Waals surface area (Å²) in [6.07, 6.45) is 0. The number of benzene rings is 1. The molecule has 0 saturated carbocycles. The predicted molar refractivity (Wildman–Crippen MR) is 137 cm³/mol. The number of rotatable bonds is 4. The summed E-state index contributed by atoms with van der Waals surface area (Å²) in [6.45, 7) is 19.8. The van der Waals surface area contributed by atoms with Crippen LogP contribution in [0.2, 0.25) is 5.02 Å². The van der Waals surface area contributed by atoms with E-state index in [0.29, 0.717) is 24.7 Å². The molecule has 1 aromatic carbocycles. The number of carbonyl (C=O) groups is 2. The first kappa shape index (κ1) is 27.0. The van der Waals surface area contributed by atoms with Crippen molar-refractivity contribution in [2.24, 2.45) is 5.92 Å². The van der Waals surface area contributed by atoms with Gasteiger partial charge in [-0.3, -0.25) is 19.4 Å². The number of ether oxygens (including phenoxy) is 1. The van der Waals surface area contributed by atoms with Gasteiger partial charge in [0.2, 0.25) is 5.91 Å². The molecular weight excluding hydrogens is 450 g/mol. The lowest BCUT2D eigenvalue weighted by molar-refractivity contribution is -0.162. The zero-order valence-electron chi connectivity index (χ0n) is 22.1. The van der Waals surface area contributed by atoms with Crippen LogP contribution in [0.3, 0.4) is 0 Å². The number of piperazine rings is 1. The third-order valence-electron chi connectivity index (χ3n) is 7.12. The maximum atomic E-state index is 13.9. The van der Waals surface area contributed by atoms with E-state index in [1.807, 2.05) is 44.7 Å². The van der Waals surface area contributed by atoms with Crippen molar-refractivity contribution in [3.8, 4) is 0 Å². The molecule has 0 radical (unpaired) electrons. The molecule has 3 rings (SSSR count). The van der Waals surface area contributed by atoms with E-state index in [4.69, 9.17) is 16.3 Å². The average Bonchev–Trinajstić information content (AvgIpc) is 3.18. The van der Waals surface area contributed by atoms with Crippen LogP contribution in [-0.2, 0) is 14.3 Å². The molecule has 2 aliphatic heterocycles. The molecule has 34 heavy (non-hydrogen) atoms. The zero-order valence-corrected chi connectivity index (χ0v) is 22.9. The Morgan fingerprint density at radius 3 is 2.15 bits per heavy atom. The summed E-state index contributed by atoms with van der Waals surface area (Å²) >= 11 is 6.13. The Bertz CT molecular complexity index is 875. The number of amides is 1. The Labute approximate surface area is 210 Å². The molecule has 2 aliphatic rings. The van der Waals surface area contributed by atoms with Crippen LogP contribution in [0.15, 0.2) is 24.3 Å². The summed E-state index contributed by atoms with van der Waals surface area (Å²) in [5, 5.41) is 0.709. The first-order valence-electron chi connectivity index (χ1n) is 12.5. The van der Waals surface area contributed by atoms with Crippen LogP contribution in [0, 0.1) is 5.92 Å². The summed E-state index contributed by atoms with van der Waals surface area (Å²) in [4.78, 5) is 33.1. The maximum absolute atomic E-state index is 13.9. The van der Waals surface area contributed by atoms with Crippen molar-refractivity contribution in [2.75, 3.05) is 32.7 Å². The van der Waals surface area contributed by atoms with Gasteiger partial charge in [0.05, 0.1) is 5.92 Å². The third-order valence-corrected chi connectivity index (χ3v) is 7.37. The molecule has 4 atom stereocenters. The van der Waals surface area contributed by atoms with Crippen LogP contribution >= 0.6 is 11.6 Å². The summed E-state index contributed by atoms with van der Waals surface area (Å²) in [6, 6.07) is 7.64. The van der Waals surface area contributed by atoms with Crippen LogP contribution in [0.4, 0.5) is 0 Å². The number of esters is 1. The quantitative estimate of drug-likeness (QED) is 0.584. The molecule has 190 valence electrons. The Hall–Kier alpha value is -1.63. The van der Waals surface area contributed by atoms with Gasteiger partial charge < -0.3 is 9.64 Å². The van der Waals surface area contributed by atoms with Crippen molar-refractivity contribution in [1.29, 1.82) is 0 Å². The van der Waals surface area contributed by atoms with E-state index in [1.165, 1.54) is 5.56 Å². The minimum Gasteiger partial charge on any atom is -0.459 e. The Balaban J connectivity index is 1.73. The second-order valence-electron chi connectivity index (χ2n) is 11.9. The number of nitrogens with zero attached hydrogens (tertiary/aromatic N) is 3. The largest absolute Gasteiger partial charge is 0.459 e. The number of hydrogen-bond acceptors (Lipinski definition) is 5. The fraction of sp³-hybridized carbons (Fsp3) is 0.704. The molecule has 2 saturated heterocycles. The zero-order chi connectivity index (χ0) is 25.4. The third kappa shape index (κ3) is 6.32. The smallest absolute Gasteiger partial charge is 0.323 e. The standard InChI is InChI=1S/C27H42ClN3O3/c1-18-15-29(19(2)25(33)34-27(6,7)8)13-14-31(18)24(32)23-17-30(26(3,4)5)16-22(23)20-9-11-21(28)12-10-20/h9-12,18-19,22-23H,13-17H2,1-8H3/t18-,19-,22?,23?/m0/s1. The molecular formula is C27H42ClN3O3. The van der Waals surface area contributed by atoms with Gasteiger partial charge in [-0.1, -0.05) is 23.7 Å². The van der Waals surface area contributed by atoms with Crippen molar-refractivity contribution < 1.29 is 14.3 Å². The van der Waals surface area contributed by atoms with E-state index >= 15 is 0 Å². The molecule has 2 fully saturated rings. The van der Waals surface area contributed by atoms with Gasteiger partial charge in [0.25, 0.3) is 0 Å². The van der Waals surface area contributed by atoms with E-state index in [1.54, 1.807) is 0 Å². The highest BCUT2D eigenvalue weighted by Crippen LogP contribution is 2.38. The number of hydrogen-bond donors (Lipinski definition) is 0. The second-order valence-corrected chi connectivity index (χ2v) is 12.4. The van der Waals surface area contributed by atoms with Crippen LogP contribution in [0.5, 0.6) is 0 Å². The molecule has 2 heterocycles.